The Morgan fingerprint density at radius 1 is 1.15 bits per heavy atom. The van der Waals surface area contributed by atoms with E-state index in [0.717, 1.165) is 36.1 Å². The predicted octanol–water partition coefficient (Wildman–Crippen LogP) is 3.51. The van der Waals surface area contributed by atoms with Gasteiger partial charge in [-0.15, -0.1) is 0 Å². The number of benzene rings is 1. The van der Waals surface area contributed by atoms with Crippen molar-refractivity contribution in [3.05, 3.63) is 65.0 Å². The molecule has 0 amide bonds. The quantitative estimate of drug-likeness (QED) is 0.735. The third-order valence-corrected chi connectivity index (χ3v) is 3.64. The maximum absolute atomic E-state index is 5.55. The standard InChI is InChI=1S/C18H17NO/c1-20-18-9-5-8-17-16(18)12-15(13-19-17)11-10-14-6-3-2-4-7-14/h2-4,6-7,12-13,18H,5,8-9H2,1H3. The highest BCUT2D eigenvalue weighted by Gasteiger charge is 2.20. The number of pyridine rings is 1. The fourth-order valence-electron chi connectivity index (χ4n) is 2.59. The van der Waals surface area contributed by atoms with Crippen LogP contribution in [0.2, 0.25) is 0 Å². The molecular weight excluding hydrogens is 246 g/mol. The lowest BCUT2D eigenvalue weighted by molar-refractivity contribution is 0.0873. The second-order valence-corrected chi connectivity index (χ2v) is 4.99. The summed E-state index contributed by atoms with van der Waals surface area (Å²) in [5.41, 5.74) is 4.34. The van der Waals surface area contributed by atoms with Crippen molar-refractivity contribution >= 4 is 0 Å². The van der Waals surface area contributed by atoms with Crippen molar-refractivity contribution < 1.29 is 4.74 Å². The summed E-state index contributed by atoms with van der Waals surface area (Å²) in [4.78, 5) is 4.55. The molecule has 3 rings (SSSR count). The second-order valence-electron chi connectivity index (χ2n) is 4.99. The van der Waals surface area contributed by atoms with Crippen LogP contribution in [-0.2, 0) is 11.2 Å². The summed E-state index contributed by atoms with van der Waals surface area (Å²) in [5.74, 6) is 6.36. The van der Waals surface area contributed by atoms with Crippen LogP contribution < -0.4 is 0 Å². The van der Waals surface area contributed by atoms with Crippen molar-refractivity contribution in [3.8, 4) is 11.8 Å². The highest BCUT2D eigenvalue weighted by atomic mass is 16.5. The maximum Gasteiger partial charge on any atom is 0.0839 e. The Morgan fingerprint density at radius 2 is 1.95 bits per heavy atom. The zero-order valence-corrected chi connectivity index (χ0v) is 11.6. The van der Waals surface area contributed by atoms with Crippen molar-refractivity contribution in [2.45, 2.75) is 25.4 Å². The summed E-state index contributed by atoms with van der Waals surface area (Å²) in [6, 6.07) is 12.1. The molecule has 1 heterocycles. The number of fused-ring (bicyclic) bond motifs is 1. The molecular formula is C18H17NO. The van der Waals surface area contributed by atoms with Crippen LogP contribution in [0.5, 0.6) is 0 Å². The molecule has 0 N–H and O–H groups in total. The molecule has 1 aromatic heterocycles. The molecule has 1 aromatic carbocycles. The number of ether oxygens (including phenoxy) is 1. The molecule has 2 aromatic rings. The summed E-state index contributed by atoms with van der Waals surface area (Å²) in [6.45, 7) is 0. The molecule has 0 saturated heterocycles. The Morgan fingerprint density at radius 3 is 2.75 bits per heavy atom. The normalized spacial score (nSPS) is 16.9. The van der Waals surface area contributed by atoms with Crippen molar-refractivity contribution in [3.63, 3.8) is 0 Å². The van der Waals surface area contributed by atoms with Crippen LogP contribution in [0.3, 0.4) is 0 Å². The maximum atomic E-state index is 5.55. The number of methoxy groups -OCH3 is 1. The Bertz CT molecular complexity index is 652. The van der Waals surface area contributed by atoms with Gasteiger partial charge >= 0.3 is 0 Å². The van der Waals surface area contributed by atoms with Crippen LogP contribution in [0.25, 0.3) is 0 Å². The van der Waals surface area contributed by atoms with Gasteiger partial charge in [-0.25, -0.2) is 0 Å². The number of nitrogens with zero attached hydrogens (tertiary/aromatic N) is 1. The molecule has 0 fully saturated rings. The SMILES string of the molecule is COC1CCCc2ncc(C#Cc3ccccc3)cc21. The molecule has 0 aliphatic heterocycles. The van der Waals surface area contributed by atoms with Crippen LogP contribution in [-0.4, -0.2) is 12.1 Å². The molecule has 0 radical (unpaired) electrons. The number of hydrogen-bond donors (Lipinski definition) is 0. The molecule has 100 valence electrons. The summed E-state index contributed by atoms with van der Waals surface area (Å²) in [6.07, 6.45) is 5.30. The Kier molecular flexibility index (Phi) is 3.80. The molecule has 2 nitrogen and oxygen atoms in total. The summed E-state index contributed by atoms with van der Waals surface area (Å²) in [5, 5.41) is 0. The van der Waals surface area contributed by atoms with Gasteiger partial charge in [0.15, 0.2) is 0 Å². The van der Waals surface area contributed by atoms with Gasteiger partial charge < -0.3 is 4.74 Å². The smallest absolute Gasteiger partial charge is 0.0839 e. The van der Waals surface area contributed by atoms with E-state index in [-0.39, 0.29) is 6.10 Å². The van der Waals surface area contributed by atoms with Crippen molar-refractivity contribution in [2.75, 3.05) is 7.11 Å². The van der Waals surface area contributed by atoms with E-state index in [4.69, 9.17) is 4.74 Å². The van der Waals surface area contributed by atoms with Crippen molar-refractivity contribution in [2.24, 2.45) is 0 Å². The van der Waals surface area contributed by atoms with E-state index in [9.17, 15) is 0 Å². The first kappa shape index (κ1) is 12.9. The van der Waals surface area contributed by atoms with Gasteiger partial charge in [-0.1, -0.05) is 30.0 Å². The van der Waals surface area contributed by atoms with Crippen LogP contribution in [0.15, 0.2) is 42.6 Å². The summed E-state index contributed by atoms with van der Waals surface area (Å²) < 4.78 is 5.55. The first-order chi connectivity index (χ1) is 9.86. The molecule has 1 aliphatic carbocycles. The average Bonchev–Trinajstić information content (AvgIpc) is 2.53. The third-order valence-electron chi connectivity index (χ3n) is 3.64. The van der Waals surface area contributed by atoms with Gasteiger partial charge in [-0.2, -0.15) is 0 Å². The highest BCUT2D eigenvalue weighted by molar-refractivity contribution is 5.44. The van der Waals surface area contributed by atoms with Crippen LogP contribution >= 0.6 is 0 Å². The summed E-state index contributed by atoms with van der Waals surface area (Å²) in [7, 11) is 1.77. The van der Waals surface area contributed by atoms with Gasteiger partial charge in [-0.05, 0) is 37.5 Å². The number of aromatic nitrogens is 1. The topological polar surface area (TPSA) is 22.1 Å². The van der Waals surface area contributed by atoms with Gasteiger partial charge in [0.05, 0.1) is 6.10 Å². The second kappa shape index (κ2) is 5.90. The predicted molar refractivity (Wildman–Crippen MR) is 79.3 cm³/mol. The van der Waals surface area contributed by atoms with Crippen molar-refractivity contribution in [1.29, 1.82) is 0 Å². The first-order valence-electron chi connectivity index (χ1n) is 6.95. The van der Waals surface area contributed by atoms with Crippen LogP contribution in [0.4, 0.5) is 0 Å². The minimum atomic E-state index is 0.171. The zero-order valence-electron chi connectivity index (χ0n) is 11.6. The lowest BCUT2D eigenvalue weighted by Gasteiger charge is -2.23. The van der Waals surface area contributed by atoms with Crippen LogP contribution in [0, 0.1) is 11.8 Å². The Labute approximate surface area is 119 Å². The number of rotatable bonds is 1. The van der Waals surface area contributed by atoms with E-state index in [2.05, 4.69) is 22.9 Å². The van der Waals surface area contributed by atoms with Gasteiger partial charge in [0, 0.05) is 35.7 Å². The molecule has 20 heavy (non-hydrogen) atoms. The van der Waals surface area contributed by atoms with Gasteiger partial charge in [0.25, 0.3) is 0 Å². The summed E-state index contributed by atoms with van der Waals surface area (Å²) >= 11 is 0. The van der Waals surface area contributed by atoms with E-state index in [0.29, 0.717) is 0 Å². The van der Waals surface area contributed by atoms with Crippen LogP contribution in [0.1, 0.15) is 41.3 Å². The Hall–Kier alpha value is -2.11. The van der Waals surface area contributed by atoms with Gasteiger partial charge in [0.2, 0.25) is 0 Å². The van der Waals surface area contributed by atoms with Gasteiger partial charge in [-0.3, -0.25) is 4.98 Å². The molecule has 0 spiro atoms. The van der Waals surface area contributed by atoms with Gasteiger partial charge in [0.1, 0.15) is 0 Å². The van der Waals surface area contributed by atoms with E-state index in [1.165, 1.54) is 5.56 Å². The largest absolute Gasteiger partial charge is 0.377 e. The average molecular weight is 263 g/mol. The fraction of sp³-hybridized carbons (Fsp3) is 0.278. The molecule has 1 aliphatic rings. The van der Waals surface area contributed by atoms with E-state index < -0.39 is 0 Å². The molecule has 1 unspecified atom stereocenters. The van der Waals surface area contributed by atoms with E-state index >= 15 is 0 Å². The zero-order chi connectivity index (χ0) is 13.8. The minimum Gasteiger partial charge on any atom is -0.377 e. The minimum absolute atomic E-state index is 0.171. The molecule has 0 saturated carbocycles. The van der Waals surface area contributed by atoms with E-state index in [1.807, 2.05) is 36.5 Å². The van der Waals surface area contributed by atoms with Crippen molar-refractivity contribution in [1.82, 2.24) is 4.98 Å². The first-order valence-corrected chi connectivity index (χ1v) is 6.95. The van der Waals surface area contributed by atoms with E-state index in [1.54, 1.807) is 7.11 Å². The highest BCUT2D eigenvalue weighted by Crippen LogP contribution is 2.31. The number of aryl methyl sites for hydroxylation is 1. The monoisotopic (exact) mass is 263 g/mol. The molecule has 0 bridgehead atoms. The number of hydrogen-bond acceptors (Lipinski definition) is 2. The lowest BCUT2D eigenvalue weighted by atomic mass is 9.92. The fourth-order valence-corrected chi connectivity index (χ4v) is 2.59. The Balaban J connectivity index is 1.91. The third kappa shape index (κ3) is 2.74. The lowest BCUT2D eigenvalue weighted by Crippen LogP contribution is -2.13. The molecule has 2 heteroatoms. The molecule has 1 atom stereocenters.